The average molecular weight is 130 g/mol. The van der Waals surface area contributed by atoms with Gasteiger partial charge in [-0.1, -0.05) is 0 Å². The van der Waals surface area contributed by atoms with Gasteiger partial charge in [0.25, 0.3) is 6.17 Å². The maximum Gasteiger partial charge on any atom is 0.268 e. The van der Waals surface area contributed by atoms with Gasteiger partial charge in [0.2, 0.25) is 0 Å². The second-order valence-electron chi connectivity index (χ2n) is 2.39. The lowest BCUT2D eigenvalue weighted by Crippen LogP contribution is -2.31. The Hall–Kier alpha value is -0.640. The summed E-state index contributed by atoms with van der Waals surface area (Å²) in [6.45, 7) is 0.867. The Balaban J connectivity index is 2.49. The van der Waals surface area contributed by atoms with Crippen LogP contribution in [-0.4, -0.2) is 29.6 Å². The summed E-state index contributed by atoms with van der Waals surface area (Å²) >= 11 is 0. The number of nitro groups is 1. The van der Waals surface area contributed by atoms with Crippen molar-refractivity contribution in [3.63, 3.8) is 0 Å². The first-order valence-electron chi connectivity index (χ1n) is 3.05. The maximum absolute atomic E-state index is 10.2. The van der Waals surface area contributed by atoms with Crippen LogP contribution in [0.15, 0.2) is 0 Å². The molecule has 0 aromatic rings. The van der Waals surface area contributed by atoms with Crippen LogP contribution in [0.1, 0.15) is 12.8 Å². The molecule has 4 heteroatoms. The van der Waals surface area contributed by atoms with Crippen molar-refractivity contribution in [3.8, 4) is 0 Å². The van der Waals surface area contributed by atoms with Gasteiger partial charge in [0, 0.05) is 17.9 Å². The SMILES string of the molecule is CN1CCCC1[N+](=O)[O-]. The van der Waals surface area contributed by atoms with Gasteiger partial charge < -0.3 is 0 Å². The summed E-state index contributed by atoms with van der Waals surface area (Å²) in [6, 6.07) is 0. The molecule has 0 aromatic heterocycles. The molecule has 0 N–H and O–H groups in total. The molecule has 0 bridgehead atoms. The fourth-order valence-electron chi connectivity index (χ4n) is 1.16. The van der Waals surface area contributed by atoms with Crippen LogP contribution < -0.4 is 0 Å². The van der Waals surface area contributed by atoms with Crippen LogP contribution in [0.2, 0.25) is 0 Å². The molecule has 4 nitrogen and oxygen atoms in total. The predicted molar refractivity (Wildman–Crippen MR) is 32.6 cm³/mol. The molecular formula is C5H10N2O2. The summed E-state index contributed by atoms with van der Waals surface area (Å²) in [5.41, 5.74) is 0. The van der Waals surface area contributed by atoms with Crippen LogP contribution in [0.25, 0.3) is 0 Å². The molecule has 1 rings (SSSR count). The first-order valence-corrected chi connectivity index (χ1v) is 3.05. The highest BCUT2D eigenvalue weighted by atomic mass is 16.6. The molecule has 9 heavy (non-hydrogen) atoms. The zero-order valence-corrected chi connectivity index (χ0v) is 5.41. The largest absolute Gasteiger partial charge is 0.268 e. The predicted octanol–water partition coefficient (Wildman–Crippen LogP) is 0.315. The lowest BCUT2D eigenvalue weighted by atomic mass is 10.3. The Kier molecular flexibility index (Phi) is 1.66. The molecule has 0 radical (unpaired) electrons. The fourth-order valence-corrected chi connectivity index (χ4v) is 1.16. The minimum Gasteiger partial charge on any atom is -0.263 e. The third-order valence-electron chi connectivity index (χ3n) is 1.73. The Morgan fingerprint density at radius 1 is 1.78 bits per heavy atom. The second kappa shape index (κ2) is 2.31. The molecule has 0 aromatic carbocycles. The molecule has 0 spiro atoms. The molecule has 1 heterocycles. The quantitative estimate of drug-likeness (QED) is 0.379. The highest BCUT2D eigenvalue weighted by molar-refractivity contribution is 4.66. The van der Waals surface area contributed by atoms with Gasteiger partial charge in [0.15, 0.2) is 0 Å². The van der Waals surface area contributed by atoms with Crippen molar-refractivity contribution in [1.82, 2.24) is 4.90 Å². The highest BCUT2D eigenvalue weighted by Gasteiger charge is 2.29. The number of hydrogen-bond acceptors (Lipinski definition) is 3. The molecule has 1 aliphatic heterocycles. The maximum atomic E-state index is 10.2. The summed E-state index contributed by atoms with van der Waals surface area (Å²) in [7, 11) is 1.79. The Labute approximate surface area is 53.6 Å². The fraction of sp³-hybridized carbons (Fsp3) is 1.00. The molecule has 1 fully saturated rings. The molecule has 1 saturated heterocycles. The molecule has 0 saturated carbocycles. The summed E-state index contributed by atoms with van der Waals surface area (Å²) in [4.78, 5) is 11.7. The van der Waals surface area contributed by atoms with Gasteiger partial charge in [-0.2, -0.15) is 0 Å². The zero-order chi connectivity index (χ0) is 6.85. The van der Waals surface area contributed by atoms with Gasteiger partial charge >= 0.3 is 0 Å². The van der Waals surface area contributed by atoms with Crippen LogP contribution >= 0.6 is 0 Å². The number of likely N-dealkylation sites (tertiary alicyclic amines) is 1. The molecule has 1 unspecified atom stereocenters. The first kappa shape index (κ1) is 6.48. The van der Waals surface area contributed by atoms with E-state index in [1.165, 1.54) is 0 Å². The monoisotopic (exact) mass is 130 g/mol. The van der Waals surface area contributed by atoms with Crippen molar-refractivity contribution in [2.45, 2.75) is 19.0 Å². The first-order chi connectivity index (χ1) is 4.22. The van der Waals surface area contributed by atoms with E-state index in [2.05, 4.69) is 0 Å². The lowest BCUT2D eigenvalue weighted by Gasteiger charge is -2.09. The van der Waals surface area contributed by atoms with Crippen molar-refractivity contribution in [2.24, 2.45) is 0 Å². The molecule has 1 atom stereocenters. The molecule has 52 valence electrons. The van der Waals surface area contributed by atoms with E-state index >= 15 is 0 Å². The third kappa shape index (κ3) is 1.18. The second-order valence-corrected chi connectivity index (χ2v) is 2.39. The van der Waals surface area contributed by atoms with E-state index in [9.17, 15) is 10.1 Å². The Morgan fingerprint density at radius 2 is 2.44 bits per heavy atom. The summed E-state index contributed by atoms with van der Waals surface area (Å²) in [5, 5.41) is 10.2. The standard InChI is InChI=1S/C5H10N2O2/c1-6-4-2-3-5(6)7(8)9/h5H,2-4H2,1H3. The van der Waals surface area contributed by atoms with Crippen LogP contribution in [0, 0.1) is 10.1 Å². The van der Waals surface area contributed by atoms with E-state index < -0.39 is 6.17 Å². The van der Waals surface area contributed by atoms with E-state index in [1.54, 1.807) is 11.9 Å². The highest BCUT2D eigenvalue weighted by Crippen LogP contribution is 2.14. The van der Waals surface area contributed by atoms with Crippen LogP contribution in [-0.2, 0) is 0 Å². The van der Waals surface area contributed by atoms with E-state index in [4.69, 9.17) is 0 Å². The lowest BCUT2D eigenvalue weighted by molar-refractivity contribution is -0.544. The minimum absolute atomic E-state index is 0.215. The molecule has 1 aliphatic rings. The van der Waals surface area contributed by atoms with E-state index in [0.717, 1.165) is 13.0 Å². The molecule has 0 amide bonds. The van der Waals surface area contributed by atoms with Crippen LogP contribution in [0.3, 0.4) is 0 Å². The van der Waals surface area contributed by atoms with Gasteiger partial charge in [0.1, 0.15) is 0 Å². The van der Waals surface area contributed by atoms with Gasteiger partial charge in [-0.05, 0) is 13.5 Å². The van der Waals surface area contributed by atoms with Crippen molar-refractivity contribution in [1.29, 1.82) is 0 Å². The average Bonchev–Trinajstić information content (AvgIpc) is 2.13. The van der Waals surface area contributed by atoms with Crippen LogP contribution in [0.5, 0.6) is 0 Å². The molecular weight excluding hydrogens is 120 g/mol. The van der Waals surface area contributed by atoms with E-state index in [-0.39, 0.29) is 4.92 Å². The van der Waals surface area contributed by atoms with Crippen molar-refractivity contribution in [3.05, 3.63) is 10.1 Å². The summed E-state index contributed by atoms with van der Waals surface area (Å²) < 4.78 is 0. The van der Waals surface area contributed by atoms with Gasteiger partial charge in [-0.15, -0.1) is 0 Å². The smallest absolute Gasteiger partial charge is 0.263 e. The topological polar surface area (TPSA) is 46.4 Å². The van der Waals surface area contributed by atoms with E-state index in [0.29, 0.717) is 6.42 Å². The van der Waals surface area contributed by atoms with Gasteiger partial charge in [-0.25, -0.2) is 4.90 Å². The Bertz CT molecular complexity index is 126. The third-order valence-corrected chi connectivity index (χ3v) is 1.73. The van der Waals surface area contributed by atoms with E-state index in [1.807, 2.05) is 0 Å². The number of nitrogens with zero attached hydrogens (tertiary/aromatic N) is 2. The number of rotatable bonds is 1. The number of hydrogen-bond donors (Lipinski definition) is 0. The zero-order valence-electron chi connectivity index (χ0n) is 5.41. The summed E-state index contributed by atoms with van der Waals surface area (Å²) in [6.07, 6.45) is 1.26. The van der Waals surface area contributed by atoms with Crippen molar-refractivity contribution < 1.29 is 4.92 Å². The van der Waals surface area contributed by atoms with Crippen molar-refractivity contribution >= 4 is 0 Å². The molecule has 0 aliphatic carbocycles. The summed E-state index contributed by atoms with van der Waals surface area (Å²) in [5.74, 6) is 0. The normalized spacial score (nSPS) is 28.8. The Morgan fingerprint density at radius 3 is 2.67 bits per heavy atom. The van der Waals surface area contributed by atoms with Crippen molar-refractivity contribution in [2.75, 3.05) is 13.6 Å². The minimum atomic E-state index is -0.412. The van der Waals surface area contributed by atoms with Gasteiger partial charge in [0.05, 0.1) is 0 Å². The van der Waals surface area contributed by atoms with Crippen LogP contribution in [0.4, 0.5) is 0 Å². The van der Waals surface area contributed by atoms with Gasteiger partial charge in [-0.3, -0.25) is 10.1 Å².